The molecule has 3 aromatic rings. The van der Waals surface area contributed by atoms with Crippen LogP contribution in [0.25, 0.3) is 11.2 Å². The van der Waals surface area contributed by atoms with Crippen LogP contribution in [0.1, 0.15) is 18.2 Å². The first-order valence-corrected chi connectivity index (χ1v) is 6.93. The molecular formula is C14H15N5O2. The van der Waals surface area contributed by atoms with E-state index in [1.54, 1.807) is 12.6 Å². The molecule has 0 aliphatic carbocycles. The lowest BCUT2D eigenvalue weighted by atomic mass is 10.2. The summed E-state index contributed by atoms with van der Waals surface area (Å²) in [5, 5.41) is 3.24. The van der Waals surface area contributed by atoms with Crippen molar-refractivity contribution in [3.63, 3.8) is 0 Å². The summed E-state index contributed by atoms with van der Waals surface area (Å²) in [6.45, 7) is 2.07. The Hall–Kier alpha value is -2.41. The first kappa shape index (κ1) is 12.3. The van der Waals surface area contributed by atoms with E-state index >= 15 is 0 Å². The molecule has 1 N–H and O–H groups in total. The predicted molar refractivity (Wildman–Crippen MR) is 75.8 cm³/mol. The number of rotatable bonds is 4. The van der Waals surface area contributed by atoms with E-state index in [2.05, 4.69) is 24.8 Å². The zero-order chi connectivity index (χ0) is 14.1. The third-order valence-corrected chi connectivity index (χ3v) is 3.67. The van der Waals surface area contributed by atoms with Crippen LogP contribution in [0, 0.1) is 0 Å². The number of nitrogens with one attached hydrogen (secondary N) is 1. The number of imidazole rings is 1. The second-order valence-electron chi connectivity index (χ2n) is 5.00. The highest BCUT2D eigenvalue weighted by Gasteiger charge is 2.21. The Balaban J connectivity index is 1.63. The Bertz CT molecular complexity index is 731. The van der Waals surface area contributed by atoms with Gasteiger partial charge in [-0.25, -0.2) is 15.0 Å². The molecule has 0 radical (unpaired) electrons. The minimum atomic E-state index is 0.308. The molecule has 108 valence electrons. The maximum Gasteiger partial charge on any atom is 0.165 e. The molecule has 21 heavy (non-hydrogen) atoms. The van der Waals surface area contributed by atoms with Crippen LogP contribution in [0.4, 0.5) is 5.82 Å². The van der Waals surface area contributed by atoms with E-state index in [9.17, 15) is 0 Å². The molecule has 0 spiro atoms. The first-order chi connectivity index (χ1) is 10.4. The molecule has 0 amide bonds. The zero-order valence-corrected chi connectivity index (χ0v) is 11.4. The Kier molecular flexibility index (Phi) is 3.04. The molecule has 1 unspecified atom stereocenters. The minimum absolute atomic E-state index is 0.308. The number of anilines is 1. The SMILES string of the molecule is c1coc(CNc2ncnc3c2ncn3C2CCOC2)c1. The summed E-state index contributed by atoms with van der Waals surface area (Å²) in [5.74, 6) is 1.57. The highest BCUT2D eigenvalue weighted by molar-refractivity contribution is 5.82. The molecule has 7 heteroatoms. The van der Waals surface area contributed by atoms with Gasteiger partial charge in [0.2, 0.25) is 0 Å². The lowest BCUT2D eigenvalue weighted by Crippen LogP contribution is -2.08. The smallest absolute Gasteiger partial charge is 0.165 e. The Labute approximate surface area is 121 Å². The van der Waals surface area contributed by atoms with Gasteiger partial charge in [0.15, 0.2) is 11.5 Å². The number of furan rings is 1. The number of nitrogens with zero attached hydrogens (tertiary/aromatic N) is 4. The van der Waals surface area contributed by atoms with Gasteiger partial charge in [0.1, 0.15) is 17.6 Å². The normalized spacial score (nSPS) is 18.4. The monoisotopic (exact) mass is 285 g/mol. The van der Waals surface area contributed by atoms with E-state index in [1.807, 2.05) is 18.5 Å². The molecule has 3 aromatic heterocycles. The quantitative estimate of drug-likeness (QED) is 0.790. The molecule has 4 heterocycles. The van der Waals surface area contributed by atoms with Crippen molar-refractivity contribution >= 4 is 17.0 Å². The summed E-state index contributed by atoms with van der Waals surface area (Å²) < 4.78 is 12.8. The van der Waals surface area contributed by atoms with Crippen molar-refractivity contribution in [2.75, 3.05) is 18.5 Å². The first-order valence-electron chi connectivity index (χ1n) is 6.93. The zero-order valence-electron chi connectivity index (χ0n) is 11.4. The number of ether oxygens (including phenoxy) is 1. The third kappa shape index (κ3) is 2.25. The molecule has 1 fully saturated rings. The second-order valence-corrected chi connectivity index (χ2v) is 5.00. The van der Waals surface area contributed by atoms with Crippen molar-refractivity contribution in [1.29, 1.82) is 0 Å². The van der Waals surface area contributed by atoms with Crippen molar-refractivity contribution in [3.05, 3.63) is 36.8 Å². The molecular weight excluding hydrogens is 270 g/mol. The van der Waals surface area contributed by atoms with E-state index in [-0.39, 0.29) is 0 Å². The van der Waals surface area contributed by atoms with Gasteiger partial charge in [-0.1, -0.05) is 0 Å². The van der Waals surface area contributed by atoms with Crippen LogP contribution >= 0.6 is 0 Å². The topological polar surface area (TPSA) is 78.0 Å². The van der Waals surface area contributed by atoms with Crippen LogP contribution in [-0.2, 0) is 11.3 Å². The van der Waals surface area contributed by atoms with E-state index in [0.29, 0.717) is 25.0 Å². The molecule has 1 saturated heterocycles. The third-order valence-electron chi connectivity index (χ3n) is 3.67. The van der Waals surface area contributed by atoms with Crippen LogP contribution in [-0.4, -0.2) is 32.7 Å². The fraction of sp³-hybridized carbons (Fsp3) is 0.357. The van der Waals surface area contributed by atoms with Crippen LogP contribution in [0.5, 0.6) is 0 Å². The van der Waals surface area contributed by atoms with Crippen molar-refractivity contribution < 1.29 is 9.15 Å². The van der Waals surface area contributed by atoms with Gasteiger partial charge in [-0.2, -0.15) is 0 Å². The summed E-state index contributed by atoms with van der Waals surface area (Å²) in [6, 6.07) is 4.09. The van der Waals surface area contributed by atoms with Crippen LogP contribution in [0.3, 0.4) is 0 Å². The Morgan fingerprint density at radius 3 is 3.14 bits per heavy atom. The van der Waals surface area contributed by atoms with Gasteiger partial charge >= 0.3 is 0 Å². The highest BCUT2D eigenvalue weighted by atomic mass is 16.5. The summed E-state index contributed by atoms with van der Waals surface area (Å²) in [6.07, 6.45) is 6.02. The number of hydrogen-bond donors (Lipinski definition) is 1. The van der Waals surface area contributed by atoms with Gasteiger partial charge in [0.25, 0.3) is 0 Å². The number of aromatic nitrogens is 4. The standard InChI is InChI=1S/C14H15N5O2/c1-2-11(21-4-1)6-15-13-12-14(17-8-16-13)19(9-18-12)10-3-5-20-7-10/h1-2,4,8-10H,3,5-7H2,(H,15,16,17). The molecule has 0 bridgehead atoms. The van der Waals surface area contributed by atoms with Crippen molar-refractivity contribution in [3.8, 4) is 0 Å². The number of fused-ring (bicyclic) bond motifs is 1. The van der Waals surface area contributed by atoms with Gasteiger partial charge in [0.05, 0.1) is 31.8 Å². The predicted octanol–water partition coefficient (Wildman–Crippen LogP) is 1.99. The maximum atomic E-state index is 5.44. The van der Waals surface area contributed by atoms with Gasteiger partial charge < -0.3 is 19.0 Å². The molecule has 0 saturated carbocycles. The average molecular weight is 285 g/mol. The molecule has 0 aromatic carbocycles. The van der Waals surface area contributed by atoms with Crippen molar-refractivity contribution in [2.24, 2.45) is 0 Å². The fourth-order valence-corrected chi connectivity index (χ4v) is 2.57. The van der Waals surface area contributed by atoms with Crippen molar-refractivity contribution in [1.82, 2.24) is 19.5 Å². The van der Waals surface area contributed by atoms with E-state index in [1.165, 1.54) is 0 Å². The molecule has 7 nitrogen and oxygen atoms in total. The summed E-state index contributed by atoms with van der Waals surface area (Å²) in [7, 11) is 0. The molecule has 1 atom stereocenters. The van der Waals surface area contributed by atoms with E-state index < -0.39 is 0 Å². The molecule has 1 aliphatic rings. The van der Waals surface area contributed by atoms with E-state index in [0.717, 1.165) is 30.0 Å². The van der Waals surface area contributed by atoms with Crippen LogP contribution in [0.15, 0.2) is 35.5 Å². The van der Waals surface area contributed by atoms with Gasteiger partial charge in [-0.05, 0) is 18.6 Å². The maximum absolute atomic E-state index is 5.44. The summed E-state index contributed by atoms with van der Waals surface area (Å²) in [5.41, 5.74) is 1.61. The summed E-state index contributed by atoms with van der Waals surface area (Å²) >= 11 is 0. The molecule has 1 aliphatic heterocycles. The second kappa shape index (κ2) is 5.17. The van der Waals surface area contributed by atoms with Gasteiger partial charge in [-0.15, -0.1) is 0 Å². The molecule has 4 rings (SSSR count). The number of hydrogen-bond acceptors (Lipinski definition) is 6. The van der Waals surface area contributed by atoms with Gasteiger partial charge in [0, 0.05) is 6.61 Å². The largest absolute Gasteiger partial charge is 0.467 e. The van der Waals surface area contributed by atoms with Crippen LogP contribution in [0.2, 0.25) is 0 Å². The highest BCUT2D eigenvalue weighted by Crippen LogP contribution is 2.25. The lowest BCUT2D eigenvalue weighted by Gasteiger charge is -2.10. The lowest BCUT2D eigenvalue weighted by molar-refractivity contribution is 0.187. The Morgan fingerprint density at radius 2 is 2.33 bits per heavy atom. The van der Waals surface area contributed by atoms with Crippen molar-refractivity contribution in [2.45, 2.75) is 19.0 Å². The van der Waals surface area contributed by atoms with Crippen LogP contribution < -0.4 is 5.32 Å². The fourth-order valence-electron chi connectivity index (χ4n) is 2.57. The Morgan fingerprint density at radius 1 is 1.33 bits per heavy atom. The minimum Gasteiger partial charge on any atom is -0.467 e. The van der Waals surface area contributed by atoms with Gasteiger partial charge in [-0.3, -0.25) is 0 Å². The average Bonchev–Trinajstić information content (AvgIpc) is 3.24. The summed E-state index contributed by atoms with van der Waals surface area (Å²) in [4.78, 5) is 13.1. The van der Waals surface area contributed by atoms with E-state index in [4.69, 9.17) is 9.15 Å².